The largest absolute Gasteiger partial charge is 0.493 e. The maximum atomic E-state index is 12.7. The fraction of sp³-hybridized carbons (Fsp3) is 0.409. The van der Waals surface area contributed by atoms with Gasteiger partial charge in [-0.1, -0.05) is 13.0 Å². The molecule has 0 bridgehead atoms. The Morgan fingerprint density at radius 2 is 1.55 bits per heavy atom. The third-order valence-electron chi connectivity index (χ3n) is 4.91. The first-order valence-electron chi connectivity index (χ1n) is 9.18. The zero-order valence-electron chi connectivity index (χ0n) is 17.8. The first-order valence-corrected chi connectivity index (χ1v) is 9.18. The summed E-state index contributed by atoms with van der Waals surface area (Å²) in [5.74, 6) is -0.0665. The van der Waals surface area contributed by atoms with Crippen molar-refractivity contribution in [2.75, 3.05) is 33.8 Å². The molecule has 0 aliphatic rings. The van der Waals surface area contributed by atoms with Gasteiger partial charge in [-0.3, -0.25) is 4.79 Å². The molecule has 2 aromatic carbocycles. The van der Waals surface area contributed by atoms with Crippen LogP contribution in [0.25, 0.3) is 0 Å². The first-order chi connectivity index (χ1) is 13.4. The number of methoxy groups -OCH3 is 4. The van der Waals surface area contributed by atoms with E-state index in [9.17, 15) is 4.79 Å². The number of benzene rings is 2. The van der Waals surface area contributed by atoms with Crippen LogP contribution in [0, 0.1) is 0 Å². The third-order valence-corrected chi connectivity index (χ3v) is 4.91. The van der Waals surface area contributed by atoms with Crippen LogP contribution in [0.5, 0.6) is 11.5 Å². The molecule has 6 nitrogen and oxygen atoms in total. The molecule has 29 heavy (non-hydrogen) atoms. The van der Waals surface area contributed by atoms with Crippen molar-refractivity contribution in [1.82, 2.24) is 0 Å². The van der Waals surface area contributed by atoms with E-state index in [1.54, 1.807) is 26.4 Å². The fourth-order valence-electron chi connectivity index (χ4n) is 3.11. The lowest BCUT2D eigenvalue weighted by molar-refractivity contribution is -0.170. The number of ketones is 1. The van der Waals surface area contributed by atoms with Gasteiger partial charge in [-0.05, 0) is 48.9 Å². The Bertz CT molecular complexity index is 782. The van der Waals surface area contributed by atoms with Crippen LogP contribution >= 0.6 is 12.4 Å². The van der Waals surface area contributed by atoms with Crippen molar-refractivity contribution in [3.05, 3.63) is 53.6 Å². The molecule has 0 saturated heterocycles. The van der Waals surface area contributed by atoms with Crippen LogP contribution in [0.15, 0.2) is 42.5 Å². The average molecular weight is 424 g/mol. The molecule has 0 aliphatic heterocycles. The summed E-state index contributed by atoms with van der Waals surface area (Å²) in [7, 11) is 6.19. The van der Waals surface area contributed by atoms with Gasteiger partial charge >= 0.3 is 0 Å². The fourth-order valence-corrected chi connectivity index (χ4v) is 3.11. The molecule has 0 radical (unpaired) electrons. The molecule has 0 aromatic heterocycles. The highest BCUT2D eigenvalue weighted by molar-refractivity contribution is 6.01. The zero-order valence-corrected chi connectivity index (χ0v) is 18.6. The Morgan fingerprint density at radius 1 is 0.966 bits per heavy atom. The van der Waals surface area contributed by atoms with E-state index in [0.717, 1.165) is 11.3 Å². The van der Waals surface area contributed by atoms with E-state index in [1.807, 2.05) is 37.3 Å². The number of hydrogen-bond donors (Lipinski definition) is 1. The highest BCUT2D eigenvalue weighted by Gasteiger charge is 2.37. The highest BCUT2D eigenvalue weighted by atomic mass is 35.5. The summed E-state index contributed by atoms with van der Waals surface area (Å²) in [5, 5.41) is 3.42. The molecular formula is C22H30ClNO5. The molecule has 2 aromatic rings. The van der Waals surface area contributed by atoms with Crippen molar-refractivity contribution in [1.29, 1.82) is 0 Å². The van der Waals surface area contributed by atoms with Gasteiger partial charge in [0.1, 0.15) is 0 Å². The second-order valence-corrected chi connectivity index (χ2v) is 6.40. The Morgan fingerprint density at radius 3 is 2.03 bits per heavy atom. The molecule has 1 N–H and O–H groups in total. The van der Waals surface area contributed by atoms with Crippen molar-refractivity contribution < 1.29 is 23.7 Å². The highest BCUT2D eigenvalue weighted by Crippen LogP contribution is 2.31. The molecule has 7 heteroatoms. The summed E-state index contributed by atoms with van der Waals surface area (Å²) >= 11 is 0. The van der Waals surface area contributed by atoms with Crippen molar-refractivity contribution in [2.45, 2.75) is 32.1 Å². The van der Waals surface area contributed by atoms with E-state index in [-0.39, 0.29) is 24.2 Å². The van der Waals surface area contributed by atoms with Crippen LogP contribution in [0.1, 0.15) is 42.2 Å². The zero-order chi connectivity index (χ0) is 20.7. The lowest BCUT2D eigenvalue weighted by Crippen LogP contribution is -2.42. The number of Topliss-reactive ketones (excluding diaryl/α,β-unsaturated/α-hetero) is 1. The number of halogens is 1. The quantitative estimate of drug-likeness (QED) is 0.434. The topological polar surface area (TPSA) is 66.0 Å². The van der Waals surface area contributed by atoms with Gasteiger partial charge < -0.3 is 24.3 Å². The van der Waals surface area contributed by atoms with Gasteiger partial charge in [-0.25, -0.2) is 0 Å². The maximum Gasteiger partial charge on any atom is 0.232 e. The molecule has 0 saturated carbocycles. The van der Waals surface area contributed by atoms with Gasteiger partial charge in [0.25, 0.3) is 0 Å². The van der Waals surface area contributed by atoms with Crippen LogP contribution in [0.2, 0.25) is 0 Å². The Balaban J connectivity index is 0.00000420. The number of nitrogens with one attached hydrogen (secondary N) is 1. The molecule has 160 valence electrons. The predicted molar refractivity (Wildman–Crippen MR) is 117 cm³/mol. The molecule has 0 aliphatic carbocycles. The van der Waals surface area contributed by atoms with E-state index in [0.29, 0.717) is 23.5 Å². The third kappa shape index (κ3) is 5.41. The van der Waals surface area contributed by atoms with Crippen LogP contribution in [-0.2, 0) is 9.47 Å². The summed E-state index contributed by atoms with van der Waals surface area (Å²) in [6.07, 6.45) is 0.426. The number of ether oxygens (including phenoxy) is 4. The van der Waals surface area contributed by atoms with Crippen molar-refractivity contribution in [3.8, 4) is 11.5 Å². The lowest BCUT2D eigenvalue weighted by Gasteiger charge is -2.28. The maximum absolute atomic E-state index is 12.7. The molecule has 0 amide bonds. The molecule has 1 unspecified atom stereocenters. The minimum Gasteiger partial charge on any atom is -0.493 e. The summed E-state index contributed by atoms with van der Waals surface area (Å²) in [6, 6.07) is 13.1. The van der Waals surface area contributed by atoms with Crippen LogP contribution in [0.3, 0.4) is 0 Å². The SMILES string of the molecule is CCC(OC)(OC)C(=O)c1ccc(NC(C)c2ccc(OC)c(OC)c2)cc1.Cl. The van der Waals surface area contributed by atoms with Crippen molar-refractivity contribution in [2.24, 2.45) is 0 Å². The van der Waals surface area contributed by atoms with E-state index >= 15 is 0 Å². The second-order valence-electron chi connectivity index (χ2n) is 6.40. The molecule has 0 spiro atoms. The van der Waals surface area contributed by atoms with Gasteiger partial charge in [-0.15, -0.1) is 12.4 Å². The van der Waals surface area contributed by atoms with Gasteiger partial charge in [0.15, 0.2) is 11.5 Å². The predicted octanol–water partition coefficient (Wildman–Crippen LogP) is 4.88. The van der Waals surface area contributed by atoms with Gasteiger partial charge in [0.2, 0.25) is 11.6 Å². The summed E-state index contributed by atoms with van der Waals surface area (Å²) in [4.78, 5) is 12.7. The molecule has 0 fully saturated rings. The lowest BCUT2D eigenvalue weighted by atomic mass is 10.00. The Kier molecular flexibility index (Phi) is 9.43. The first kappa shape index (κ1) is 24.8. The van der Waals surface area contributed by atoms with Gasteiger partial charge in [0.05, 0.1) is 14.2 Å². The van der Waals surface area contributed by atoms with Crippen molar-refractivity contribution >= 4 is 23.9 Å². The number of carbonyl (C=O) groups is 1. The summed E-state index contributed by atoms with van der Waals surface area (Å²) < 4.78 is 21.3. The monoisotopic (exact) mass is 423 g/mol. The normalized spacial score (nSPS) is 11.9. The minimum absolute atomic E-state index is 0. The number of hydrogen-bond acceptors (Lipinski definition) is 6. The average Bonchev–Trinajstić information content (AvgIpc) is 2.75. The van der Waals surface area contributed by atoms with E-state index in [1.165, 1.54) is 14.2 Å². The van der Waals surface area contributed by atoms with Crippen LogP contribution in [0.4, 0.5) is 5.69 Å². The standard InChI is InChI=1S/C22H29NO5.ClH/c1-7-22(27-5,28-6)21(24)16-8-11-18(12-9-16)23-15(2)17-10-13-19(25-3)20(14-17)26-4;/h8-15,23H,7H2,1-6H3;1H. The van der Waals surface area contributed by atoms with E-state index in [4.69, 9.17) is 18.9 Å². The molecular weight excluding hydrogens is 394 g/mol. The van der Waals surface area contributed by atoms with Crippen LogP contribution < -0.4 is 14.8 Å². The van der Waals surface area contributed by atoms with Gasteiger partial charge in [0, 0.05) is 37.9 Å². The molecule has 2 rings (SSSR count). The minimum atomic E-state index is -1.25. The molecule has 0 heterocycles. The van der Waals surface area contributed by atoms with E-state index in [2.05, 4.69) is 12.2 Å². The Hall–Kier alpha value is -2.28. The molecule has 1 atom stereocenters. The van der Waals surface area contributed by atoms with Crippen molar-refractivity contribution in [3.63, 3.8) is 0 Å². The second kappa shape index (κ2) is 11.0. The van der Waals surface area contributed by atoms with E-state index < -0.39 is 5.79 Å². The number of rotatable bonds is 10. The Labute approximate surface area is 178 Å². The van der Waals surface area contributed by atoms with Crippen LogP contribution in [-0.4, -0.2) is 40.0 Å². The number of anilines is 1. The smallest absolute Gasteiger partial charge is 0.232 e. The number of carbonyl (C=O) groups excluding carboxylic acids is 1. The summed E-state index contributed by atoms with van der Waals surface area (Å²) in [5.41, 5.74) is 2.49. The summed E-state index contributed by atoms with van der Waals surface area (Å²) in [6.45, 7) is 3.91. The van der Waals surface area contributed by atoms with Gasteiger partial charge in [-0.2, -0.15) is 0 Å².